The Morgan fingerprint density at radius 1 is 1.53 bits per heavy atom. The van der Waals surface area contributed by atoms with Crippen LogP contribution in [0.15, 0.2) is 23.4 Å². The summed E-state index contributed by atoms with van der Waals surface area (Å²) >= 11 is -1.93. The normalized spacial score (nSPS) is 19.0. The molecule has 1 unspecified atom stereocenters. The van der Waals surface area contributed by atoms with Crippen molar-refractivity contribution in [3.8, 4) is 11.5 Å². The molecule has 2 rings (SSSR count). The van der Waals surface area contributed by atoms with Crippen molar-refractivity contribution >= 4 is 17.3 Å². The van der Waals surface area contributed by atoms with Gasteiger partial charge in [-0.15, -0.1) is 0 Å². The van der Waals surface area contributed by atoms with E-state index < -0.39 is 11.4 Å². The number of hydrogen-bond donors (Lipinski definition) is 1. The molecular formula is C8H7NO5S. The zero-order valence-corrected chi connectivity index (χ0v) is 8.48. The number of rotatable bonds is 2. The Morgan fingerprint density at radius 3 is 2.93 bits per heavy atom. The number of para-hydroxylation sites is 1. The molecule has 0 aromatic heterocycles. The average molecular weight is 229 g/mol. The van der Waals surface area contributed by atoms with Gasteiger partial charge in [0.05, 0.1) is 12.7 Å². The molecule has 0 saturated heterocycles. The minimum absolute atomic E-state index is 0.0373. The van der Waals surface area contributed by atoms with Gasteiger partial charge in [-0.1, -0.05) is 6.07 Å². The summed E-state index contributed by atoms with van der Waals surface area (Å²) in [5, 5.41) is 13.1. The first-order chi connectivity index (χ1) is 7.22. The highest BCUT2D eigenvalue weighted by atomic mass is 32.2. The Bertz CT molecular complexity index is 445. The van der Waals surface area contributed by atoms with Crippen LogP contribution in [0.1, 0.15) is 5.56 Å². The average Bonchev–Trinajstić information content (AvgIpc) is 2.65. The van der Waals surface area contributed by atoms with E-state index in [0.29, 0.717) is 0 Å². The summed E-state index contributed by atoms with van der Waals surface area (Å²) in [7, 11) is 1.42. The zero-order chi connectivity index (χ0) is 10.8. The third-order valence-electron chi connectivity index (χ3n) is 1.78. The Morgan fingerprint density at radius 2 is 2.33 bits per heavy atom. The summed E-state index contributed by atoms with van der Waals surface area (Å²) in [5.41, 5.74) is 0.264. The summed E-state index contributed by atoms with van der Waals surface area (Å²) < 4.78 is 24.7. The van der Waals surface area contributed by atoms with Gasteiger partial charge in [0.25, 0.3) is 5.90 Å². The molecule has 1 aromatic rings. The molecule has 6 nitrogen and oxygen atoms in total. The Balaban J connectivity index is 2.41. The first-order valence-electron chi connectivity index (χ1n) is 3.94. The molecule has 1 aromatic carbocycles. The smallest absolute Gasteiger partial charge is 0.441 e. The largest absolute Gasteiger partial charge is 0.504 e. The third kappa shape index (κ3) is 1.73. The van der Waals surface area contributed by atoms with Gasteiger partial charge in [0.2, 0.25) is 0 Å². The maximum absolute atomic E-state index is 10.7. The maximum atomic E-state index is 10.7. The van der Waals surface area contributed by atoms with E-state index in [4.69, 9.17) is 8.92 Å². The predicted octanol–water partition coefficient (Wildman–Crippen LogP) is 0.688. The first kappa shape index (κ1) is 9.78. The fourth-order valence-corrected chi connectivity index (χ4v) is 1.52. The van der Waals surface area contributed by atoms with Gasteiger partial charge in [-0.05, 0) is 17.3 Å². The van der Waals surface area contributed by atoms with E-state index in [1.807, 2.05) is 0 Å². The monoisotopic (exact) mass is 229 g/mol. The highest BCUT2D eigenvalue weighted by Crippen LogP contribution is 2.31. The maximum Gasteiger partial charge on any atom is 0.441 e. The van der Waals surface area contributed by atoms with Crippen molar-refractivity contribution < 1.29 is 22.5 Å². The van der Waals surface area contributed by atoms with E-state index >= 15 is 0 Å². The predicted molar refractivity (Wildman–Crippen MR) is 51.5 cm³/mol. The minimum Gasteiger partial charge on any atom is -0.504 e. The van der Waals surface area contributed by atoms with Crippen molar-refractivity contribution in [1.29, 1.82) is 0 Å². The van der Waals surface area contributed by atoms with Crippen molar-refractivity contribution in [1.82, 2.24) is 0 Å². The summed E-state index contributed by atoms with van der Waals surface area (Å²) in [6, 6.07) is 4.76. The van der Waals surface area contributed by atoms with E-state index in [1.54, 1.807) is 18.2 Å². The van der Waals surface area contributed by atoms with Crippen LogP contribution in [0.3, 0.4) is 0 Å². The van der Waals surface area contributed by atoms with Crippen molar-refractivity contribution in [3.63, 3.8) is 0 Å². The van der Waals surface area contributed by atoms with Crippen molar-refractivity contribution in [2.75, 3.05) is 7.11 Å². The van der Waals surface area contributed by atoms with Crippen LogP contribution in [0.2, 0.25) is 0 Å². The lowest BCUT2D eigenvalue weighted by Gasteiger charge is -2.05. The molecule has 0 fully saturated rings. The van der Waals surface area contributed by atoms with Gasteiger partial charge in [0.1, 0.15) is 0 Å². The Labute approximate surface area is 87.9 Å². The van der Waals surface area contributed by atoms with Crippen LogP contribution in [0.5, 0.6) is 11.5 Å². The molecule has 80 valence electrons. The first-order valence-corrected chi connectivity index (χ1v) is 4.94. The lowest BCUT2D eigenvalue weighted by atomic mass is 10.2. The molecule has 0 aliphatic carbocycles. The van der Waals surface area contributed by atoms with Crippen LogP contribution in [0.25, 0.3) is 0 Å². The van der Waals surface area contributed by atoms with Crippen molar-refractivity contribution in [3.05, 3.63) is 23.8 Å². The molecule has 1 heterocycles. The topological polar surface area (TPSA) is 77.4 Å². The molecule has 0 amide bonds. The fourth-order valence-electron chi connectivity index (χ4n) is 1.11. The molecule has 0 spiro atoms. The van der Waals surface area contributed by atoms with Crippen LogP contribution in [0, 0.1) is 0 Å². The molecule has 15 heavy (non-hydrogen) atoms. The number of methoxy groups -OCH3 is 1. The second-order valence-electron chi connectivity index (χ2n) is 2.61. The van der Waals surface area contributed by atoms with E-state index in [1.165, 1.54) is 7.11 Å². The SMILES string of the molecule is COc1cccc(C2=NOS(=O)O2)c1O. The van der Waals surface area contributed by atoms with Gasteiger partial charge in [-0.25, -0.2) is 0 Å². The standard InChI is InChI=1S/C8H7NO5S/c1-12-6-4-2-3-5(7(6)10)8-9-14-15(11)13-8/h2-4,10H,1H3. The highest BCUT2D eigenvalue weighted by molar-refractivity contribution is 7.75. The Hall–Kier alpha value is -1.76. The lowest BCUT2D eigenvalue weighted by Crippen LogP contribution is -2.02. The van der Waals surface area contributed by atoms with Crippen LogP contribution in [0.4, 0.5) is 0 Å². The van der Waals surface area contributed by atoms with E-state index in [-0.39, 0.29) is 23.0 Å². The number of hydrogen-bond acceptors (Lipinski definition) is 6. The van der Waals surface area contributed by atoms with E-state index in [9.17, 15) is 9.32 Å². The number of phenols is 1. The zero-order valence-electron chi connectivity index (χ0n) is 7.67. The summed E-state index contributed by atoms with van der Waals surface area (Å²) in [6.07, 6.45) is 0. The molecule has 0 saturated carbocycles. The van der Waals surface area contributed by atoms with Crippen molar-refractivity contribution in [2.45, 2.75) is 0 Å². The molecule has 1 aliphatic heterocycles. The van der Waals surface area contributed by atoms with Gasteiger partial charge in [-0.2, -0.15) is 4.21 Å². The third-order valence-corrected chi connectivity index (χ3v) is 2.27. The van der Waals surface area contributed by atoms with Gasteiger partial charge >= 0.3 is 11.4 Å². The molecule has 0 radical (unpaired) electrons. The summed E-state index contributed by atoms with van der Waals surface area (Å²) in [4.78, 5) is 0. The lowest BCUT2D eigenvalue weighted by molar-refractivity contribution is 0.370. The van der Waals surface area contributed by atoms with Gasteiger partial charge in [-0.3, -0.25) is 4.28 Å². The number of ether oxygens (including phenoxy) is 1. The van der Waals surface area contributed by atoms with E-state index in [0.717, 1.165) is 0 Å². The van der Waals surface area contributed by atoms with E-state index in [2.05, 4.69) is 9.44 Å². The highest BCUT2D eigenvalue weighted by Gasteiger charge is 2.23. The Kier molecular flexibility index (Phi) is 2.46. The molecular weight excluding hydrogens is 222 g/mol. The quantitative estimate of drug-likeness (QED) is 0.807. The van der Waals surface area contributed by atoms with Crippen LogP contribution < -0.4 is 4.74 Å². The fraction of sp³-hybridized carbons (Fsp3) is 0.125. The summed E-state index contributed by atoms with van der Waals surface area (Å²) in [6.45, 7) is 0. The van der Waals surface area contributed by atoms with Crippen LogP contribution in [-0.2, 0) is 19.8 Å². The second kappa shape index (κ2) is 3.77. The number of aromatic hydroxyl groups is 1. The number of oxime groups is 1. The minimum atomic E-state index is -1.93. The van der Waals surface area contributed by atoms with Gasteiger partial charge in [0, 0.05) is 0 Å². The van der Waals surface area contributed by atoms with Gasteiger partial charge in [0.15, 0.2) is 11.5 Å². The molecule has 0 bridgehead atoms. The molecule has 1 aliphatic rings. The second-order valence-corrected chi connectivity index (χ2v) is 3.34. The molecule has 1 atom stereocenters. The van der Waals surface area contributed by atoms with Gasteiger partial charge < -0.3 is 14.0 Å². The molecule has 7 heteroatoms. The number of benzene rings is 1. The molecule has 1 N–H and O–H groups in total. The van der Waals surface area contributed by atoms with Crippen molar-refractivity contribution in [2.24, 2.45) is 5.16 Å². The van der Waals surface area contributed by atoms with Crippen LogP contribution in [-0.4, -0.2) is 22.3 Å². The van der Waals surface area contributed by atoms with Crippen LogP contribution >= 0.6 is 0 Å². The summed E-state index contributed by atoms with van der Waals surface area (Å²) in [5.74, 6) is 0.0995. The number of nitrogens with zero attached hydrogens (tertiary/aromatic N) is 1. The number of phenolic OH excluding ortho intramolecular Hbond substituents is 1.